The minimum absolute atomic E-state index is 0.00952. The minimum Gasteiger partial charge on any atom is -0.396 e. The van der Waals surface area contributed by atoms with E-state index < -0.39 is 0 Å². The van der Waals surface area contributed by atoms with Crippen molar-refractivity contribution < 1.29 is 14.6 Å². The van der Waals surface area contributed by atoms with Crippen molar-refractivity contribution in [2.75, 3.05) is 26.3 Å². The Balaban J connectivity index is 1.30. The maximum absolute atomic E-state index is 12.6. The topological polar surface area (TPSA) is 78.4 Å². The Labute approximate surface area is 159 Å². The van der Waals surface area contributed by atoms with Gasteiger partial charge in [0.2, 0.25) is 5.91 Å². The lowest BCUT2D eigenvalue weighted by molar-refractivity contribution is -0.141. The molecule has 1 aromatic carbocycles. The number of nitrogens with one attached hydrogen (secondary N) is 1. The number of rotatable bonds is 7. The van der Waals surface area contributed by atoms with Gasteiger partial charge in [0.15, 0.2) is 0 Å². The van der Waals surface area contributed by atoms with E-state index in [0.29, 0.717) is 13.2 Å². The highest BCUT2D eigenvalue weighted by Crippen LogP contribution is 2.44. The number of carbonyl (C=O) groups excluding carboxylic acids is 1. The Bertz CT molecular complexity index is 814. The lowest BCUT2D eigenvalue weighted by atomic mass is 9.76. The van der Waals surface area contributed by atoms with Crippen LogP contribution in [0.5, 0.6) is 0 Å². The smallest absolute Gasteiger partial charge is 0.248 e. The Morgan fingerprint density at radius 3 is 3.07 bits per heavy atom. The molecule has 0 bridgehead atoms. The molecule has 0 unspecified atom stereocenters. The Kier molecular flexibility index (Phi) is 5.19. The number of likely N-dealkylation sites (tertiary alicyclic amines) is 1. The number of aliphatic hydroxyl groups is 1. The molecule has 6 nitrogen and oxygen atoms in total. The van der Waals surface area contributed by atoms with Crippen molar-refractivity contribution in [3.8, 4) is 0 Å². The van der Waals surface area contributed by atoms with Crippen LogP contribution in [0.3, 0.4) is 0 Å². The maximum atomic E-state index is 12.6. The van der Waals surface area contributed by atoms with Crippen LogP contribution >= 0.6 is 0 Å². The van der Waals surface area contributed by atoms with Gasteiger partial charge in [-0.25, -0.2) is 4.98 Å². The van der Waals surface area contributed by atoms with Crippen molar-refractivity contribution in [2.45, 2.75) is 45.6 Å². The molecule has 1 amide bonds. The summed E-state index contributed by atoms with van der Waals surface area (Å²) in [5.41, 5.74) is 2.97. The first-order chi connectivity index (χ1) is 13.1. The van der Waals surface area contributed by atoms with E-state index in [9.17, 15) is 9.90 Å². The summed E-state index contributed by atoms with van der Waals surface area (Å²) in [6.07, 6.45) is 5.57. The van der Waals surface area contributed by atoms with Crippen LogP contribution in [0.1, 0.15) is 43.5 Å². The average molecular weight is 371 g/mol. The van der Waals surface area contributed by atoms with Gasteiger partial charge < -0.3 is 19.7 Å². The lowest BCUT2D eigenvalue weighted by Crippen LogP contribution is -2.49. The van der Waals surface area contributed by atoms with Gasteiger partial charge in [0.05, 0.1) is 17.6 Å². The van der Waals surface area contributed by atoms with Crippen molar-refractivity contribution in [1.82, 2.24) is 14.9 Å². The third-order valence-corrected chi connectivity index (χ3v) is 5.92. The number of ether oxygens (including phenoxy) is 1. The molecule has 0 spiro atoms. The second kappa shape index (κ2) is 7.60. The molecule has 2 fully saturated rings. The highest BCUT2D eigenvalue weighted by molar-refractivity contribution is 5.77. The summed E-state index contributed by atoms with van der Waals surface area (Å²) in [7, 11) is 0. The molecule has 4 rings (SSSR count). The van der Waals surface area contributed by atoms with Gasteiger partial charge in [0, 0.05) is 18.5 Å². The highest BCUT2D eigenvalue weighted by Gasteiger charge is 2.40. The Morgan fingerprint density at radius 1 is 1.44 bits per heavy atom. The van der Waals surface area contributed by atoms with Gasteiger partial charge in [-0.1, -0.05) is 18.9 Å². The number of aliphatic hydroxyl groups excluding tert-OH is 1. The first kappa shape index (κ1) is 18.4. The quantitative estimate of drug-likeness (QED) is 0.784. The summed E-state index contributed by atoms with van der Waals surface area (Å²) in [6, 6.07) is 6.07. The second-order valence-corrected chi connectivity index (χ2v) is 8.42. The normalized spacial score (nSPS) is 23.1. The van der Waals surface area contributed by atoms with Gasteiger partial charge in [-0.2, -0.15) is 0 Å². The van der Waals surface area contributed by atoms with E-state index in [2.05, 4.69) is 16.0 Å². The Hall–Kier alpha value is -1.92. The fourth-order valence-corrected chi connectivity index (χ4v) is 4.29. The molecule has 6 heteroatoms. The van der Waals surface area contributed by atoms with Crippen LogP contribution in [0.2, 0.25) is 0 Å². The summed E-state index contributed by atoms with van der Waals surface area (Å²) >= 11 is 0. The van der Waals surface area contributed by atoms with Gasteiger partial charge in [0.1, 0.15) is 19.0 Å². The van der Waals surface area contributed by atoms with Crippen molar-refractivity contribution >= 4 is 16.9 Å². The van der Waals surface area contributed by atoms with E-state index in [1.54, 1.807) is 0 Å². The van der Waals surface area contributed by atoms with Gasteiger partial charge in [-0.05, 0) is 49.8 Å². The monoisotopic (exact) mass is 371 g/mol. The fourth-order valence-electron chi connectivity index (χ4n) is 4.29. The van der Waals surface area contributed by atoms with Gasteiger partial charge in [-0.3, -0.25) is 4.79 Å². The van der Waals surface area contributed by atoms with Crippen molar-refractivity contribution in [1.29, 1.82) is 0 Å². The molecule has 0 radical (unpaired) electrons. The molecule has 27 heavy (non-hydrogen) atoms. The standard InChI is InChI=1S/C21H29N3O3/c1-15-3-6-17-18(9-15)23-19(22-17)11-27-12-20(26)24-8-2-7-21(13-24,14-25)10-16-4-5-16/h3,6,9,16,25H,2,4-5,7-8,10-14H2,1H3,(H,22,23)/t21-/m1/s1. The number of H-pyrrole nitrogens is 1. The molecule has 2 N–H and O–H groups in total. The molecule has 2 aliphatic rings. The van der Waals surface area contributed by atoms with E-state index in [-0.39, 0.29) is 24.5 Å². The second-order valence-electron chi connectivity index (χ2n) is 8.42. The summed E-state index contributed by atoms with van der Waals surface area (Å²) < 4.78 is 5.64. The molecular weight excluding hydrogens is 342 g/mol. The molecule has 1 saturated carbocycles. The summed E-state index contributed by atoms with van der Waals surface area (Å²) in [5, 5.41) is 9.95. The number of hydrogen-bond acceptors (Lipinski definition) is 4. The van der Waals surface area contributed by atoms with Crippen LogP contribution in [0, 0.1) is 18.3 Å². The van der Waals surface area contributed by atoms with Crippen LogP contribution in [-0.2, 0) is 16.1 Å². The van der Waals surface area contributed by atoms with E-state index in [4.69, 9.17) is 4.74 Å². The number of nitrogens with zero attached hydrogens (tertiary/aromatic N) is 2. The molecule has 146 valence electrons. The van der Waals surface area contributed by atoms with Gasteiger partial charge >= 0.3 is 0 Å². The molecular formula is C21H29N3O3. The van der Waals surface area contributed by atoms with E-state index in [1.807, 2.05) is 24.0 Å². The zero-order chi connectivity index (χ0) is 18.9. The summed E-state index contributed by atoms with van der Waals surface area (Å²) in [4.78, 5) is 22.2. The van der Waals surface area contributed by atoms with E-state index in [0.717, 1.165) is 48.6 Å². The first-order valence-corrected chi connectivity index (χ1v) is 9.99. The SMILES string of the molecule is Cc1ccc2nc(COCC(=O)N3CCC[C@@](CO)(CC4CC4)C3)[nH]c2c1. The van der Waals surface area contributed by atoms with Crippen molar-refractivity contribution in [3.63, 3.8) is 0 Å². The van der Waals surface area contributed by atoms with Crippen LogP contribution in [0.15, 0.2) is 18.2 Å². The average Bonchev–Trinajstić information content (AvgIpc) is 3.38. The van der Waals surface area contributed by atoms with Crippen LogP contribution in [-0.4, -0.2) is 52.2 Å². The van der Waals surface area contributed by atoms with Crippen LogP contribution in [0.25, 0.3) is 11.0 Å². The van der Waals surface area contributed by atoms with E-state index in [1.165, 1.54) is 18.4 Å². The van der Waals surface area contributed by atoms with Gasteiger partial charge in [-0.15, -0.1) is 0 Å². The van der Waals surface area contributed by atoms with E-state index >= 15 is 0 Å². The zero-order valence-corrected chi connectivity index (χ0v) is 16.0. The van der Waals surface area contributed by atoms with Crippen molar-refractivity contribution in [2.24, 2.45) is 11.3 Å². The molecule has 1 aromatic heterocycles. The largest absolute Gasteiger partial charge is 0.396 e. The predicted molar refractivity (Wildman–Crippen MR) is 103 cm³/mol. The third-order valence-electron chi connectivity index (χ3n) is 5.92. The number of hydrogen-bond donors (Lipinski definition) is 2. The number of imidazole rings is 1. The summed E-state index contributed by atoms with van der Waals surface area (Å²) in [6.45, 7) is 3.99. The van der Waals surface area contributed by atoms with Gasteiger partial charge in [0.25, 0.3) is 0 Å². The molecule has 2 heterocycles. The lowest BCUT2D eigenvalue weighted by Gasteiger charge is -2.42. The number of piperidine rings is 1. The predicted octanol–water partition coefficient (Wildman–Crippen LogP) is 2.79. The minimum atomic E-state index is -0.105. The highest BCUT2D eigenvalue weighted by atomic mass is 16.5. The number of amides is 1. The number of carbonyl (C=O) groups is 1. The number of aryl methyl sites for hydroxylation is 1. The van der Waals surface area contributed by atoms with Crippen LogP contribution < -0.4 is 0 Å². The first-order valence-electron chi connectivity index (χ1n) is 9.99. The molecule has 1 atom stereocenters. The van der Waals surface area contributed by atoms with Crippen molar-refractivity contribution in [3.05, 3.63) is 29.6 Å². The Morgan fingerprint density at radius 2 is 2.30 bits per heavy atom. The number of aromatic amines is 1. The maximum Gasteiger partial charge on any atom is 0.248 e. The molecule has 2 aromatic rings. The molecule has 1 aliphatic heterocycles. The molecule has 1 aliphatic carbocycles. The zero-order valence-electron chi connectivity index (χ0n) is 16.0. The molecule has 1 saturated heterocycles. The fraction of sp³-hybridized carbons (Fsp3) is 0.619. The number of fused-ring (bicyclic) bond motifs is 1. The third kappa shape index (κ3) is 4.33. The number of aromatic nitrogens is 2. The summed E-state index contributed by atoms with van der Waals surface area (Å²) in [5.74, 6) is 1.50. The van der Waals surface area contributed by atoms with Crippen LogP contribution in [0.4, 0.5) is 0 Å². The number of benzene rings is 1.